The van der Waals surface area contributed by atoms with Crippen molar-refractivity contribution in [2.24, 2.45) is 5.73 Å². The van der Waals surface area contributed by atoms with Gasteiger partial charge in [0.2, 0.25) is 5.91 Å². The maximum absolute atomic E-state index is 11.5. The molecule has 0 aliphatic heterocycles. The molecule has 0 bridgehead atoms. The van der Waals surface area contributed by atoms with Crippen LogP contribution in [0.5, 0.6) is 0 Å². The molecule has 0 saturated heterocycles. The molecule has 1 amide bonds. The summed E-state index contributed by atoms with van der Waals surface area (Å²) in [6.45, 7) is 1.90. The standard InChI is InChI=1S/C11H16N2O3S/c1-2-17(15,16)10-5-3-9(4-6-10)8-13-11(14)7-12/h3-6H,2,7-8,12H2,1H3,(H,13,14). The van der Waals surface area contributed by atoms with Gasteiger partial charge in [0.25, 0.3) is 0 Å². The lowest BCUT2D eigenvalue weighted by Gasteiger charge is -2.05. The van der Waals surface area contributed by atoms with Crippen LogP contribution in [0.15, 0.2) is 29.2 Å². The van der Waals surface area contributed by atoms with Crippen molar-refractivity contribution in [3.05, 3.63) is 29.8 Å². The second-order valence-corrected chi connectivity index (χ2v) is 5.81. The van der Waals surface area contributed by atoms with E-state index < -0.39 is 9.84 Å². The third-order valence-electron chi connectivity index (χ3n) is 2.34. The average molecular weight is 256 g/mol. The Morgan fingerprint density at radius 1 is 1.29 bits per heavy atom. The molecule has 17 heavy (non-hydrogen) atoms. The number of hydrogen-bond acceptors (Lipinski definition) is 4. The highest BCUT2D eigenvalue weighted by atomic mass is 32.2. The van der Waals surface area contributed by atoms with Crippen LogP contribution in [0.3, 0.4) is 0 Å². The molecule has 0 spiro atoms. The van der Waals surface area contributed by atoms with E-state index in [1.165, 1.54) is 0 Å². The third-order valence-corrected chi connectivity index (χ3v) is 4.09. The molecule has 1 aromatic carbocycles. The van der Waals surface area contributed by atoms with Crippen molar-refractivity contribution in [3.63, 3.8) is 0 Å². The minimum Gasteiger partial charge on any atom is -0.351 e. The van der Waals surface area contributed by atoms with Crippen LogP contribution in [0, 0.1) is 0 Å². The Morgan fingerprint density at radius 2 is 1.88 bits per heavy atom. The number of carbonyl (C=O) groups is 1. The summed E-state index contributed by atoms with van der Waals surface area (Å²) < 4.78 is 23.1. The van der Waals surface area contributed by atoms with E-state index in [0.29, 0.717) is 11.4 Å². The smallest absolute Gasteiger partial charge is 0.234 e. The normalized spacial score (nSPS) is 11.2. The molecular weight excluding hydrogens is 240 g/mol. The van der Waals surface area contributed by atoms with Gasteiger partial charge in [-0.1, -0.05) is 19.1 Å². The Labute approximate surface area is 101 Å². The molecular formula is C11H16N2O3S. The molecule has 0 aromatic heterocycles. The molecule has 3 N–H and O–H groups in total. The maximum Gasteiger partial charge on any atom is 0.234 e. The Kier molecular flexibility index (Phi) is 4.65. The van der Waals surface area contributed by atoms with Gasteiger partial charge in [0.15, 0.2) is 9.84 Å². The van der Waals surface area contributed by atoms with Crippen LogP contribution in [0.2, 0.25) is 0 Å². The zero-order chi connectivity index (χ0) is 12.9. The zero-order valence-corrected chi connectivity index (χ0v) is 10.5. The van der Waals surface area contributed by atoms with E-state index in [2.05, 4.69) is 5.32 Å². The molecule has 1 aromatic rings. The van der Waals surface area contributed by atoms with Crippen molar-refractivity contribution < 1.29 is 13.2 Å². The van der Waals surface area contributed by atoms with E-state index in [1.807, 2.05) is 0 Å². The molecule has 0 aliphatic rings. The molecule has 0 aliphatic carbocycles. The lowest BCUT2D eigenvalue weighted by Crippen LogP contribution is -2.29. The first-order chi connectivity index (χ1) is 7.99. The summed E-state index contributed by atoms with van der Waals surface area (Å²) in [5.41, 5.74) is 5.98. The molecule has 0 unspecified atom stereocenters. The summed E-state index contributed by atoms with van der Waals surface area (Å²) in [7, 11) is -3.16. The Hall–Kier alpha value is -1.40. The number of hydrogen-bond donors (Lipinski definition) is 2. The van der Waals surface area contributed by atoms with Crippen LogP contribution in [-0.2, 0) is 21.2 Å². The van der Waals surface area contributed by atoms with E-state index >= 15 is 0 Å². The van der Waals surface area contributed by atoms with Crippen LogP contribution in [0.25, 0.3) is 0 Å². The molecule has 94 valence electrons. The first kappa shape index (κ1) is 13.7. The van der Waals surface area contributed by atoms with E-state index in [0.717, 1.165) is 5.56 Å². The number of amides is 1. The molecule has 6 heteroatoms. The van der Waals surface area contributed by atoms with E-state index in [1.54, 1.807) is 31.2 Å². The fourth-order valence-electron chi connectivity index (χ4n) is 1.25. The quantitative estimate of drug-likeness (QED) is 0.779. The van der Waals surface area contributed by atoms with Crippen LogP contribution in [0.4, 0.5) is 0 Å². The monoisotopic (exact) mass is 256 g/mol. The largest absolute Gasteiger partial charge is 0.351 e. The number of carbonyl (C=O) groups excluding carboxylic acids is 1. The van der Waals surface area contributed by atoms with Gasteiger partial charge in [-0.15, -0.1) is 0 Å². The highest BCUT2D eigenvalue weighted by Crippen LogP contribution is 2.12. The van der Waals surface area contributed by atoms with Crippen LogP contribution < -0.4 is 11.1 Å². The molecule has 0 saturated carbocycles. The Balaban J connectivity index is 2.72. The third kappa shape index (κ3) is 3.83. The number of sulfone groups is 1. The average Bonchev–Trinajstić information content (AvgIpc) is 2.36. The van der Waals surface area contributed by atoms with Gasteiger partial charge in [-0.3, -0.25) is 4.79 Å². The van der Waals surface area contributed by atoms with Crippen molar-refractivity contribution in [1.29, 1.82) is 0 Å². The first-order valence-electron chi connectivity index (χ1n) is 5.28. The molecule has 0 fully saturated rings. The summed E-state index contributed by atoms with van der Waals surface area (Å²) in [4.78, 5) is 11.2. The zero-order valence-electron chi connectivity index (χ0n) is 9.64. The van der Waals surface area contributed by atoms with E-state index in [9.17, 15) is 13.2 Å². The second-order valence-electron chi connectivity index (χ2n) is 3.53. The molecule has 0 radical (unpaired) electrons. The number of rotatable bonds is 5. The van der Waals surface area contributed by atoms with Crippen molar-refractivity contribution in [3.8, 4) is 0 Å². The van der Waals surface area contributed by atoms with Gasteiger partial charge in [0, 0.05) is 6.54 Å². The second kappa shape index (κ2) is 5.79. The van der Waals surface area contributed by atoms with Gasteiger partial charge < -0.3 is 11.1 Å². The van der Waals surface area contributed by atoms with Crippen LogP contribution >= 0.6 is 0 Å². The maximum atomic E-state index is 11.5. The number of nitrogens with one attached hydrogen (secondary N) is 1. The lowest BCUT2D eigenvalue weighted by molar-refractivity contribution is -0.119. The topological polar surface area (TPSA) is 89.3 Å². The Morgan fingerprint density at radius 3 is 2.35 bits per heavy atom. The Bertz CT molecular complexity index is 480. The van der Waals surface area contributed by atoms with Crippen molar-refractivity contribution >= 4 is 15.7 Å². The minimum atomic E-state index is -3.16. The van der Waals surface area contributed by atoms with Gasteiger partial charge in [-0.25, -0.2) is 8.42 Å². The van der Waals surface area contributed by atoms with Crippen molar-refractivity contribution in [2.45, 2.75) is 18.4 Å². The summed E-state index contributed by atoms with van der Waals surface area (Å²) in [5, 5.41) is 2.61. The minimum absolute atomic E-state index is 0.0533. The van der Waals surface area contributed by atoms with Crippen molar-refractivity contribution in [1.82, 2.24) is 5.32 Å². The summed E-state index contributed by atoms with van der Waals surface area (Å²) in [6, 6.07) is 6.45. The SMILES string of the molecule is CCS(=O)(=O)c1ccc(CNC(=O)CN)cc1. The summed E-state index contributed by atoms with van der Waals surface area (Å²) >= 11 is 0. The molecule has 1 rings (SSSR count). The van der Waals surface area contributed by atoms with Gasteiger partial charge in [-0.2, -0.15) is 0 Å². The molecule has 5 nitrogen and oxygen atoms in total. The predicted molar refractivity (Wildman–Crippen MR) is 65.1 cm³/mol. The van der Waals surface area contributed by atoms with Gasteiger partial charge >= 0.3 is 0 Å². The number of benzene rings is 1. The van der Waals surface area contributed by atoms with Gasteiger partial charge in [0.05, 0.1) is 17.2 Å². The van der Waals surface area contributed by atoms with Gasteiger partial charge in [-0.05, 0) is 17.7 Å². The fourth-order valence-corrected chi connectivity index (χ4v) is 2.14. The van der Waals surface area contributed by atoms with Gasteiger partial charge in [0.1, 0.15) is 0 Å². The summed E-state index contributed by atoms with van der Waals surface area (Å²) in [5.74, 6) is -0.161. The highest BCUT2D eigenvalue weighted by molar-refractivity contribution is 7.91. The van der Waals surface area contributed by atoms with Crippen molar-refractivity contribution in [2.75, 3.05) is 12.3 Å². The molecule has 0 heterocycles. The van der Waals surface area contributed by atoms with E-state index in [4.69, 9.17) is 5.73 Å². The number of nitrogens with two attached hydrogens (primary N) is 1. The van der Waals surface area contributed by atoms with E-state index in [-0.39, 0.29) is 18.2 Å². The summed E-state index contributed by atoms with van der Waals surface area (Å²) in [6.07, 6.45) is 0. The van der Waals surface area contributed by atoms with Crippen LogP contribution in [0.1, 0.15) is 12.5 Å². The fraction of sp³-hybridized carbons (Fsp3) is 0.364. The van der Waals surface area contributed by atoms with Crippen LogP contribution in [-0.4, -0.2) is 26.6 Å². The first-order valence-corrected chi connectivity index (χ1v) is 6.93. The molecule has 0 atom stereocenters. The highest BCUT2D eigenvalue weighted by Gasteiger charge is 2.10. The lowest BCUT2D eigenvalue weighted by atomic mass is 10.2. The predicted octanol–water partition coefficient (Wildman–Crippen LogP) is 0.0551.